The first-order valence-electron chi connectivity index (χ1n) is 7.22. The molecule has 0 bridgehead atoms. The zero-order valence-corrected chi connectivity index (χ0v) is 12.2. The molecule has 1 saturated carbocycles. The van der Waals surface area contributed by atoms with Crippen LogP contribution >= 0.6 is 0 Å². The maximum absolute atomic E-state index is 7.53. The van der Waals surface area contributed by atoms with Crippen LogP contribution in [-0.2, 0) is 11.8 Å². The van der Waals surface area contributed by atoms with E-state index in [-0.39, 0.29) is 5.41 Å². The van der Waals surface area contributed by atoms with E-state index in [9.17, 15) is 0 Å². The van der Waals surface area contributed by atoms with E-state index in [1.54, 1.807) is 0 Å². The summed E-state index contributed by atoms with van der Waals surface area (Å²) in [5.74, 6) is 0. The highest BCUT2D eigenvalue weighted by Gasteiger charge is 2.45. The summed E-state index contributed by atoms with van der Waals surface area (Å²) < 4.78 is 0. The lowest BCUT2D eigenvalue weighted by Crippen LogP contribution is -2.13. The smallest absolute Gasteiger partial charge is 0.109 e. The molecule has 0 spiro atoms. The molecule has 2 aromatic carbocycles. The Bertz CT molecular complexity index is 629. The molecular formula is C18H22NO+. The van der Waals surface area contributed by atoms with Crippen molar-refractivity contribution in [1.82, 2.24) is 0 Å². The van der Waals surface area contributed by atoms with Gasteiger partial charge in [-0.25, -0.2) is 0 Å². The van der Waals surface area contributed by atoms with Gasteiger partial charge in [-0.3, -0.25) is 0 Å². The second-order valence-corrected chi connectivity index (χ2v) is 6.12. The third-order valence-electron chi connectivity index (χ3n) is 4.36. The van der Waals surface area contributed by atoms with Crippen molar-refractivity contribution in [3.8, 4) is 0 Å². The van der Waals surface area contributed by atoms with E-state index in [4.69, 9.17) is 5.21 Å². The molecule has 104 valence electrons. The molecule has 1 fully saturated rings. The third-order valence-corrected chi connectivity index (χ3v) is 4.36. The van der Waals surface area contributed by atoms with Gasteiger partial charge < -0.3 is 5.21 Å². The summed E-state index contributed by atoms with van der Waals surface area (Å²) in [6.45, 7) is 4.27. The molecule has 0 saturated heterocycles. The Morgan fingerprint density at radius 2 is 1.80 bits per heavy atom. The molecule has 2 aromatic rings. The summed E-state index contributed by atoms with van der Waals surface area (Å²) in [6, 6.07) is 15.1. The normalized spacial score (nSPS) is 15.9. The van der Waals surface area contributed by atoms with Crippen LogP contribution in [0.3, 0.4) is 0 Å². The lowest BCUT2D eigenvalue weighted by atomic mass is 9.86. The Morgan fingerprint density at radius 1 is 1.05 bits per heavy atom. The monoisotopic (exact) mass is 268 g/mol. The van der Waals surface area contributed by atoms with Gasteiger partial charge in [0.05, 0.1) is 0 Å². The van der Waals surface area contributed by atoms with Gasteiger partial charge in [0.1, 0.15) is 5.69 Å². The van der Waals surface area contributed by atoms with Gasteiger partial charge in [0.15, 0.2) is 0 Å². The SMILES string of the molecule is Cc1cccc(CC2(c3cc(C)ccc3N[OH2+])CC2)c1. The Hall–Kier alpha value is -1.80. The van der Waals surface area contributed by atoms with Crippen molar-refractivity contribution in [3.05, 3.63) is 64.7 Å². The van der Waals surface area contributed by atoms with Crippen LogP contribution in [0, 0.1) is 13.8 Å². The van der Waals surface area contributed by atoms with Gasteiger partial charge in [-0.15, -0.1) is 0 Å². The predicted molar refractivity (Wildman–Crippen MR) is 84.2 cm³/mol. The van der Waals surface area contributed by atoms with Gasteiger partial charge in [-0.1, -0.05) is 47.5 Å². The maximum Gasteiger partial charge on any atom is 0.109 e. The number of rotatable bonds is 4. The van der Waals surface area contributed by atoms with Crippen LogP contribution in [0.2, 0.25) is 0 Å². The second-order valence-electron chi connectivity index (χ2n) is 6.12. The summed E-state index contributed by atoms with van der Waals surface area (Å²) in [5, 5.41) is 7.53. The lowest BCUT2D eigenvalue weighted by molar-refractivity contribution is 0.387. The minimum Gasteiger partial charge on any atom is -0.313 e. The van der Waals surface area contributed by atoms with E-state index in [2.05, 4.69) is 55.7 Å². The lowest BCUT2D eigenvalue weighted by Gasteiger charge is -2.19. The molecule has 20 heavy (non-hydrogen) atoms. The summed E-state index contributed by atoms with van der Waals surface area (Å²) >= 11 is 0. The summed E-state index contributed by atoms with van der Waals surface area (Å²) in [5.41, 5.74) is 9.12. The molecule has 0 aromatic heterocycles. The Morgan fingerprint density at radius 3 is 2.45 bits per heavy atom. The summed E-state index contributed by atoms with van der Waals surface area (Å²) in [7, 11) is 0. The minimum atomic E-state index is 0.239. The standard InChI is InChI=1S/C18H21NO/c1-13-4-3-5-15(10-13)12-18(8-9-18)16-11-14(2)6-7-17(16)19-20/h3-7,10-11,19-20H,8-9,12H2,1-2H3/p+1. The highest BCUT2D eigenvalue weighted by molar-refractivity contribution is 5.57. The Kier molecular flexibility index (Phi) is 3.27. The first kappa shape index (κ1) is 13.2. The fourth-order valence-electron chi connectivity index (χ4n) is 3.11. The molecule has 2 heteroatoms. The van der Waals surface area contributed by atoms with Crippen molar-refractivity contribution in [2.45, 2.75) is 38.5 Å². The number of anilines is 1. The van der Waals surface area contributed by atoms with Crippen LogP contribution < -0.4 is 5.48 Å². The molecule has 3 N–H and O–H groups in total. The quantitative estimate of drug-likeness (QED) is 0.667. The minimum absolute atomic E-state index is 0.239. The van der Waals surface area contributed by atoms with E-state index in [0.29, 0.717) is 0 Å². The fraction of sp³-hybridized carbons (Fsp3) is 0.333. The molecule has 0 aliphatic heterocycles. The average Bonchev–Trinajstić information content (AvgIpc) is 3.19. The van der Waals surface area contributed by atoms with Gasteiger partial charge in [0.2, 0.25) is 0 Å². The van der Waals surface area contributed by atoms with Gasteiger partial charge in [-0.2, -0.15) is 5.48 Å². The molecule has 0 atom stereocenters. The van der Waals surface area contributed by atoms with E-state index in [1.807, 2.05) is 6.07 Å². The van der Waals surface area contributed by atoms with Crippen LogP contribution in [0.4, 0.5) is 5.69 Å². The number of hydrogen-bond acceptors (Lipinski definition) is 1. The highest BCUT2D eigenvalue weighted by Crippen LogP contribution is 2.53. The summed E-state index contributed by atoms with van der Waals surface area (Å²) in [6.07, 6.45) is 3.52. The van der Waals surface area contributed by atoms with Crippen molar-refractivity contribution in [2.24, 2.45) is 0 Å². The Labute approximate surface area is 120 Å². The van der Waals surface area contributed by atoms with E-state index in [0.717, 1.165) is 12.1 Å². The molecular weight excluding hydrogens is 246 g/mol. The first-order valence-corrected chi connectivity index (χ1v) is 7.22. The largest absolute Gasteiger partial charge is 0.313 e. The molecule has 1 aliphatic rings. The van der Waals surface area contributed by atoms with Crippen LogP contribution in [0.15, 0.2) is 42.5 Å². The maximum atomic E-state index is 7.53. The van der Waals surface area contributed by atoms with Crippen LogP contribution in [0.1, 0.15) is 35.1 Å². The highest BCUT2D eigenvalue weighted by atomic mass is 16.5. The number of hydrogen-bond donors (Lipinski definition) is 1. The van der Waals surface area contributed by atoms with Crippen molar-refractivity contribution >= 4 is 5.69 Å². The molecule has 0 heterocycles. The summed E-state index contributed by atoms with van der Waals surface area (Å²) in [4.78, 5) is 0. The number of nitrogens with one attached hydrogen (secondary N) is 1. The van der Waals surface area contributed by atoms with Gasteiger partial charge in [0, 0.05) is 5.41 Å². The average molecular weight is 268 g/mol. The predicted octanol–water partition coefficient (Wildman–Crippen LogP) is 3.63. The van der Waals surface area contributed by atoms with E-state index < -0.39 is 0 Å². The van der Waals surface area contributed by atoms with Gasteiger partial charge >= 0.3 is 0 Å². The topological polar surface area (TPSA) is 34.9 Å². The third kappa shape index (κ3) is 2.44. The fourth-order valence-corrected chi connectivity index (χ4v) is 3.11. The van der Waals surface area contributed by atoms with Crippen molar-refractivity contribution in [3.63, 3.8) is 0 Å². The molecule has 0 unspecified atom stereocenters. The molecule has 0 radical (unpaired) electrons. The molecule has 2 nitrogen and oxygen atoms in total. The number of benzene rings is 2. The van der Waals surface area contributed by atoms with Gasteiger partial charge in [-0.05, 0) is 50.3 Å². The van der Waals surface area contributed by atoms with E-state index in [1.165, 1.54) is 35.1 Å². The van der Waals surface area contributed by atoms with Crippen LogP contribution in [0.25, 0.3) is 0 Å². The molecule has 0 amide bonds. The first-order chi connectivity index (χ1) is 9.63. The van der Waals surface area contributed by atoms with Gasteiger partial charge in [0.25, 0.3) is 0 Å². The molecule has 3 rings (SSSR count). The van der Waals surface area contributed by atoms with Crippen molar-refractivity contribution in [2.75, 3.05) is 5.48 Å². The zero-order valence-electron chi connectivity index (χ0n) is 12.2. The number of aryl methyl sites for hydroxylation is 2. The second kappa shape index (κ2) is 4.95. The van der Waals surface area contributed by atoms with E-state index >= 15 is 0 Å². The van der Waals surface area contributed by atoms with Crippen LogP contribution in [-0.4, -0.2) is 5.21 Å². The zero-order chi connectivity index (χ0) is 14.2. The van der Waals surface area contributed by atoms with Crippen molar-refractivity contribution in [1.29, 1.82) is 0 Å². The van der Waals surface area contributed by atoms with Crippen molar-refractivity contribution < 1.29 is 5.21 Å². The van der Waals surface area contributed by atoms with Crippen LogP contribution in [0.5, 0.6) is 0 Å². The molecule has 1 aliphatic carbocycles. The Balaban J connectivity index is 1.95.